The first-order valence-electron chi connectivity index (χ1n) is 4.52. The van der Waals surface area contributed by atoms with Crippen LogP contribution in [0.2, 0.25) is 0 Å². The summed E-state index contributed by atoms with van der Waals surface area (Å²) in [6, 6.07) is 0. The fraction of sp³-hybridized carbons (Fsp3) is 0.750. The third-order valence-electron chi connectivity index (χ3n) is 1.75. The molecule has 0 aromatic carbocycles. The maximum Gasteiger partial charge on any atom is 0.251 e. The van der Waals surface area contributed by atoms with Gasteiger partial charge in [0.1, 0.15) is 0 Å². The van der Waals surface area contributed by atoms with Gasteiger partial charge in [-0.15, -0.1) is 0 Å². The van der Waals surface area contributed by atoms with Crippen LogP contribution >= 0.6 is 0 Å². The lowest BCUT2D eigenvalue weighted by Crippen LogP contribution is -2.31. The van der Waals surface area contributed by atoms with Gasteiger partial charge in [-0.05, 0) is 0 Å². The normalized spacial score (nSPS) is 11.6. The minimum atomic E-state index is -2.44. The highest BCUT2D eigenvalue weighted by molar-refractivity contribution is 4.84. The predicted octanol–water partition coefficient (Wildman–Crippen LogP) is 0.437. The first-order valence-corrected chi connectivity index (χ1v) is 4.52. The third kappa shape index (κ3) is 4.30. The Morgan fingerprint density at radius 3 is 2.73 bits per heavy atom. The predicted molar refractivity (Wildman–Crippen MR) is 47.4 cm³/mol. The summed E-state index contributed by atoms with van der Waals surface area (Å²) in [5.74, 6) is 0.743. The van der Waals surface area contributed by atoms with E-state index in [1.165, 1.54) is 4.90 Å². The van der Waals surface area contributed by atoms with Gasteiger partial charge in [0.2, 0.25) is 5.89 Å². The monoisotopic (exact) mass is 221 g/mol. The molecule has 0 bridgehead atoms. The number of aromatic nitrogens is 2. The molecule has 86 valence electrons. The number of nitrogens with zero attached hydrogens (tertiary/aromatic N) is 3. The molecule has 1 N–H and O–H groups in total. The molecule has 1 aromatic rings. The van der Waals surface area contributed by atoms with Crippen LogP contribution in [0.25, 0.3) is 0 Å². The van der Waals surface area contributed by atoms with E-state index >= 15 is 0 Å². The largest absolute Gasteiger partial charge is 0.395 e. The summed E-state index contributed by atoms with van der Waals surface area (Å²) in [7, 11) is 0. The van der Waals surface area contributed by atoms with Crippen molar-refractivity contribution >= 4 is 0 Å². The van der Waals surface area contributed by atoms with E-state index in [9.17, 15) is 8.78 Å². The van der Waals surface area contributed by atoms with Crippen LogP contribution in [0.1, 0.15) is 11.7 Å². The molecule has 1 rings (SSSR count). The minimum Gasteiger partial charge on any atom is -0.395 e. The van der Waals surface area contributed by atoms with Crippen LogP contribution in [0.3, 0.4) is 0 Å². The Balaban J connectivity index is 2.50. The number of alkyl halides is 2. The SMILES string of the molecule is Cc1nc(CN(CCO)CC(F)F)no1. The number of hydrogen-bond acceptors (Lipinski definition) is 5. The molecule has 0 radical (unpaired) electrons. The lowest BCUT2D eigenvalue weighted by molar-refractivity contribution is 0.0729. The van der Waals surface area contributed by atoms with Crippen molar-refractivity contribution in [2.24, 2.45) is 0 Å². The van der Waals surface area contributed by atoms with Crippen molar-refractivity contribution in [3.05, 3.63) is 11.7 Å². The van der Waals surface area contributed by atoms with Crippen LogP contribution in [0.15, 0.2) is 4.52 Å². The van der Waals surface area contributed by atoms with E-state index in [2.05, 4.69) is 10.1 Å². The zero-order valence-corrected chi connectivity index (χ0v) is 8.36. The third-order valence-corrected chi connectivity index (χ3v) is 1.75. The molecular formula is C8H13F2N3O2. The van der Waals surface area contributed by atoms with Crippen LogP contribution < -0.4 is 0 Å². The van der Waals surface area contributed by atoms with Gasteiger partial charge in [0.05, 0.1) is 19.7 Å². The van der Waals surface area contributed by atoms with Crippen molar-refractivity contribution in [3.8, 4) is 0 Å². The van der Waals surface area contributed by atoms with Gasteiger partial charge < -0.3 is 9.63 Å². The molecule has 0 fully saturated rings. The lowest BCUT2D eigenvalue weighted by Gasteiger charge is -2.18. The topological polar surface area (TPSA) is 62.4 Å². The van der Waals surface area contributed by atoms with Gasteiger partial charge in [0, 0.05) is 13.5 Å². The highest BCUT2D eigenvalue weighted by Crippen LogP contribution is 2.04. The van der Waals surface area contributed by atoms with Gasteiger partial charge in [-0.2, -0.15) is 4.98 Å². The average molecular weight is 221 g/mol. The molecule has 1 heterocycles. The van der Waals surface area contributed by atoms with E-state index in [-0.39, 0.29) is 19.7 Å². The first-order chi connectivity index (χ1) is 7.11. The van der Waals surface area contributed by atoms with Crippen LogP contribution in [0.4, 0.5) is 8.78 Å². The summed E-state index contributed by atoms with van der Waals surface area (Å²) < 4.78 is 29.0. The Morgan fingerprint density at radius 1 is 1.53 bits per heavy atom. The fourth-order valence-electron chi connectivity index (χ4n) is 1.18. The van der Waals surface area contributed by atoms with E-state index in [1.54, 1.807) is 6.92 Å². The highest BCUT2D eigenvalue weighted by atomic mass is 19.3. The number of aryl methyl sites for hydroxylation is 1. The zero-order chi connectivity index (χ0) is 11.3. The Kier molecular flexibility index (Phi) is 4.57. The quantitative estimate of drug-likeness (QED) is 0.755. The van der Waals surface area contributed by atoms with Crippen LogP contribution in [-0.4, -0.2) is 46.3 Å². The van der Waals surface area contributed by atoms with E-state index in [4.69, 9.17) is 9.63 Å². The van der Waals surface area contributed by atoms with Crippen molar-refractivity contribution in [3.63, 3.8) is 0 Å². The molecule has 0 spiro atoms. The first kappa shape index (κ1) is 12.0. The van der Waals surface area contributed by atoms with Crippen LogP contribution in [0, 0.1) is 6.92 Å². The summed E-state index contributed by atoms with van der Waals surface area (Å²) in [6.07, 6.45) is -2.44. The van der Waals surface area contributed by atoms with E-state index < -0.39 is 13.0 Å². The number of aliphatic hydroxyl groups is 1. The summed E-state index contributed by atoms with van der Waals surface area (Å²) in [5, 5.41) is 12.3. The van der Waals surface area contributed by atoms with Crippen molar-refractivity contribution in [1.29, 1.82) is 0 Å². The number of hydrogen-bond donors (Lipinski definition) is 1. The van der Waals surface area contributed by atoms with Crippen molar-refractivity contribution in [2.45, 2.75) is 19.9 Å². The Bertz CT molecular complexity index is 293. The standard InChI is InChI=1S/C8H13F2N3O2/c1-6-11-8(12-15-6)5-13(2-3-14)4-7(9)10/h7,14H,2-5H2,1H3. The van der Waals surface area contributed by atoms with Crippen molar-refractivity contribution in [2.75, 3.05) is 19.7 Å². The smallest absolute Gasteiger partial charge is 0.251 e. The van der Waals surface area contributed by atoms with Crippen molar-refractivity contribution in [1.82, 2.24) is 15.0 Å². The second kappa shape index (κ2) is 5.72. The van der Waals surface area contributed by atoms with E-state index in [0.717, 1.165) is 0 Å². The van der Waals surface area contributed by atoms with E-state index in [0.29, 0.717) is 11.7 Å². The van der Waals surface area contributed by atoms with Gasteiger partial charge in [-0.25, -0.2) is 8.78 Å². The molecule has 7 heteroatoms. The number of halogens is 2. The molecular weight excluding hydrogens is 208 g/mol. The molecule has 0 saturated heterocycles. The lowest BCUT2D eigenvalue weighted by atomic mass is 10.4. The Labute approximate surface area is 85.7 Å². The molecule has 0 atom stereocenters. The molecule has 5 nitrogen and oxygen atoms in total. The molecule has 0 amide bonds. The maximum atomic E-state index is 12.1. The number of rotatable bonds is 6. The minimum absolute atomic E-state index is 0.155. The molecule has 0 unspecified atom stereocenters. The second-order valence-corrected chi connectivity index (χ2v) is 3.08. The Morgan fingerprint density at radius 2 is 2.27 bits per heavy atom. The summed E-state index contributed by atoms with van der Waals surface area (Å²) in [6.45, 7) is 1.36. The van der Waals surface area contributed by atoms with Gasteiger partial charge in [-0.1, -0.05) is 5.16 Å². The van der Waals surface area contributed by atoms with Crippen LogP contribution in [-0.2, 0) is 6.54 Å². The van der Waals surface area contributed by atoms with Crippen molar-refractivity contribution < 1.29 is 18.4 Å². The zero-order valence-electron chi connectivity index (χ0n) is 8.36. The van der Waals surface area contributed by atoms with Gasteiger partial charge in [0.15, 0.2) is 5.82 Å². The molecule has 15 heavy (non-hydrogen) atoms. The molecule has 0 aliphatic rings. The summed E-state index contributed by atoms with van der Waals surface area (Å²) >= 11 is 0. The Hall–Kier alpha value is -1.08. The molecule has 0 saturated carbocycles. The second-order valence-electron chi connectivity index (χ2n) is 3.08. The summed E-state index contributed by atoms with van der Waals surface area (Å²) in [4.78, 5) is 5.26. The highest BCUT2D eigenvalue weighted by Gasteiger charge is 2.14. The van der Waals surface area contributed by atoms with Gasteiger partial charge in [-0.3, -0.25) is 4.90 Å². The van der Waals surface area contributed by atoms with E-state index in [1.807, 2.05) is 0 Å². The van der Waals surface area contributed by atoms with Gasteiger partial charge in [0.25, 0.3) is 6.43 Å². The average Bonchev–Trinajstić information content (AvgIpc) is 2.50. The molecule has 0 aliphatic heterocycles. The maximum absolute atomic E-state index is 12.1. The van der Waals surface area contributed by atoms with Gasteiger partial charge >= 0.3 is 0 Å². The molecule has 1 aromatic heterocycles. The summed E-state index contributed by atoms with van der Waals surface area (Å²) in [5.41, 5.74) is 0. The van der Waals surface area contributed by atoms with Crippen LogP contribution in [0.5, 0.6) is 0 Å². The fourth-order valence-corrected chi connectivity index (χ4v) is 1.18. The molecule has 0 aliphatic carbocycles. The number of aliphatic hydroxyl groups excluding tert-OH is 1.